The van der Waals surface area contributed by atoms with E-state index in [2.05, 4.69) is 5.32 Å². The zero-order valence-corrected chi connectivity index (χ0v) is 12.9. The molecule has 1 heterocycles. The van der Waals surface area contributed by atoms with Crippen LogP contribution in [0, 0.1) is 5.82 Å². The molecule has 0 saturated carbocycles. The minimum Gasteiger partial charge on any atom is -0.494 e. The Bertz CT molecular complexity index is 693. The first-order chi connectivity index (χ1) is 10.9. The van der Waals surface area contributed by atoms with Crippen molar-refractivity contribution in [3.8, 4) is 5.75 Å². The van der Waals surface area contributed by atoms with Crippen molar-refractivity contribution in [1.82, 2.24) is 5.32 Å². The third-order valence-corrected chi connectivity index (χ3v) is 3.26. The molecule has 0 bridgehead atoms. The van der Waals surface area contributed by atoms with E-state index in [1.807, 2.05) is 0 Å². The third-order valence-electron chi connectivity index (χ3n) is 3.26. The van der Waals surface area contributed by atoms with Gasteiger partial charge in [0.25, 0.3) is 0 Å². The van der Waals surface area contributed by atoms with Gasteiger partial charge in [0.05, 0.1) is 19.9 Å². The second-order valence-corrected chi connectivity index (χ2v) is 5.20. The number of halogens is 1. The predicted octanol–water partition coefficient (Wildman–Crippen LogP) is 2.46. The van der Waals surface area contributed by atoms with Gasteiger partial charge in [-0.2, -0.15) is 0 Å². The molecule has 0 aliphatic heterocycles. The SMILES string of the molecule is COc1ccc(/C=C/C(=O)NCC(C)(O)c2ccco2)cc1F. The summed E-state index contributed by atoms with van der Waals surface area (Å²) in [6, 6.07) is 7.66. The summed E-state index contributed by atoms with van der Waals surface area (Å²) in [4.78, 5) is 11.8. The monoisotopic (exact) mass is 319 g/mol. The van der Waals surface area contributed by atoms with Crippen molar-refractivity contribution in [2.45, 2.75) is 12.5 Å². The Labute approximate surface area is 133 Å². The fraction of sp³-hybridized carbons (Fsp3) is 0.235. The van der Waals surface area contributed by atoms with Gasteiger partial charge in [-0.15, -0.1) is 0 Å². The van der Waals surface area contributed by atoms with E-state index < -0.39 is 17.3 Å². The van der Waals surface area contributed by atoms with Gasteiger partial charge in [0, 0.05) is 6.08 Å². The molecule has 122 valence electrons. The molecule has 0 radical (unpaired) electrons. The van der Waals surface area contributed by atoms with Gasteiger partial charge in [0.2, 0.25) is 5.91 Å². The van der Waals surface area contributed by atoms with Crippen molar-refractivity contribution in [1.29, 1.82) is 0 Å². The average molecular weight is 319 g/mol. The Morgan fingerprint density at radius 3 is 2.87 bits per heavy atom. The predicted molar refractivity (Wildman–Crippen MR) is 83.3 cm³/mol. The summed E-state index contributed by atoms with van der Waals surface area (Å²) in [6.45, 7) is 1.52. The number of nitrogens with one attached hydrogen (secondary N) is 1. The zero-order chi connectivity index (χ0) is 16.9. The largest absolute Gasteiger partial charge is 0.494 e. The number of benzene rings is 1. The molecule has 5 nitrogen and oxygen atoms in total. The number of rotatable bonds is 6. The molecule has 0 aliphatic rings. The first-order valence-electron chi connectivity index (χ1n) is 6.98. The average Bonchev–Trinajstić information content (AvgIpc) is 3.06. The Hall–Kier alpha value is -2.60. The van der Waals surface area contributed by atoms with Gasteiger partial charge >= 0.3 is 0 Å². The van der Waals surface area contributed by atoms with Crippen molar-refractivity contribution >= 4 is 12.0 Å². The van der Waals surface area contributed by atoms with Crippen LogP contribution in [0.4, 0.5) is 4.39 Å². The van der Waals surface area contributed by atoms with E-state index >= 15 is 0 Å². The van der Waals surface area contributed by atoms with Crippen LogP contribution in [-0.4, -0.2) is 24.7 Å². The molecule has 1 amide bonds. The highest BCUT2D eigenvalue weighted by atomic mass is 19.1. The van der Waals surface area contributed by atoms with Crippen molar-refractivity contribution in [2.75, 3.05) is 13.7 Å². The lowest BCUT2D eigenvalue weighted by Gasteiger charge is -2.20. The van der Waals surface area contributed by atoms with E-state index in [4.69, 9.17) is 9.15 Å². The Morgan fingerprint density at radius 1 is 1.48 bits per heavy atom. The number of hydrogen-bond acceptors (Lipinski definition) is 4. The molecule has 2 aromatic rings. The van der Waals surface area contributed by atoms with Crippen molar-refractivity contribution in [2.24, 2.45) is 0 Å². The van der Waals surface area contributed by atoms with Crippen LogP contribution in [0.15, 0.2) is 47.1 Å². The lowest BCUT2D eigenvalue weighted by atomic mass is 10.0. The van der Waals surface area contributed by atoms with E-state index in [0.717, 1.165) is 0 Å². The number of amides is 1. The Morgan fingerprint density at radius 2 is 2.26 bits per heavy atom. The molecule has 23 heavy (non-hydrogen) atoms. The van der Waals surface area contributed by atoms with Crippen molar-refractivity contribution in [3.63, 3.8) is 0 Å². The van der Waals surface area contributed by atoms with Crippen LogP contribution in [0.3, 0.4) is 0 Å². The molecule has 1 unspecified atom stereocenters. The number of carbonyl (C=O) groups is 1. The summed E-state index contributed by atoms with van der Waals surface area (Å²) in [5.74, 6) is -0.413. The summed E-state index contributed by atoms with van der Waals surface area (Å²) in [5, 5.41) is 12.8. The fourth-order valence-corrected chi connectivity index (χ4v) is 1.95. The molecule has 1 aromatic heterocycles. The Kier molecular flexibility index (Phi) is 5.18. The van der Waals surface area contributed by atoms with Crippen LogP contribution in [0.1, 0.15) is 18.2 Å². The van der Waals surface area contributed by atoms with E-state index in [-0.39, 0.29) is 12.3 Å². The van der Waals surface area contributed by atoms with Crippen LogP contribution in [0.25, 0.3) is 6.08 Å². The smallest absolute Gasteiger partial charge is 0.244 e. The molecule has 2 N–H and O–H groups in total. The molecule has 1 atom stereocenters. The number of carbonyl (C=O) groups excluding carboxylic acids is 1. The Balaban J connectivity index is 1.93. The van der Waals surface area contributed by atoms with Gasteiger partial charge in [-0.3, -0.25) is 4.79 Å². The van der Waals surface area contributed by atoms with Crippen LogP contribution in [0.2, 0.25) is 0 Å². The van der Waals surface area contributed by atoms with Gasteiger partial charge in [-0.1, -0.05) is 6.07 Å². The van der Waals surface area contributed by atoms with Crippen LogP contribution >= 0.6 is 0 Å². The molecule has 6 heteroatoms. The van der Waals surface area contributed by atoms with E-state index in [9.17, 15) is 14.3 Å². The van der Waals surface area contributed by atoms with E-state index in [1.165, 1.54) is 44.6 Å². The van der Waals surface area contributed by atoms with Gasteiger partial charge < -0.3 is 19.6 Å². The molecule has 0 spiro atoms. The lowest BCUT2D eigenvalue weighted by molar-refractivity contribution is -0.117. The normalized spacial score (nSPS) is 13.7. The van der Waals surface area contributed by atoms with Crippen molar-refractivity contribution < 1.29 is 23.4 Å². The van der Waals surface area contributed by atoms with Gasteiger partial charge in [0.15, 0.2) is 11.6 Å². The first kappa shape index (κ1) is 16.8. The summed E-state index contributed by atoms with van der Waals surface area (Å²) in [6.07, 6.45) is 4.18. The third kappa shape index (κ3) is 4.43. The molecular weight excluding hydrogens is 301 g/mol. The van der Waals surface area contributed by atoms with E-state index in [0.29, 0.717) is 11.3 Å². The molecule has 0 saturated heterocycles. The minimum absolute atomic E-state index is 0.0132. The summed E-state index contributed by atoms with van der Waals surface area (Å²) < 4.78 is 23.5. The maximum atomic E-state index is 13.5. The fourth-order valence-electron chi connectivity index (χ4n) is 1.95. The van der Waals surface area contributed by atoms with Crippen LogP contribution in [0.5, 0.6) is 5.75 Å². The summed E-state index contributed by atoms with van der Waals surface area (Å²) in [5.41, 5.74) is -0.782. The quantitative estimate of drug-likeness (QED) is 0.802. The number of furan rings is 1. The highest BCUT2D eigenvalue weighted by Crippen LogP contribution is 2.20. The molecule has 0 fully saturated rings. The second kappa shape index (κ2) is 7.11. The highest BCUT2D eigenvalue weighted by molar-refractivity contribution is 5.91. The minimum atomic E-state index is -1.31. The van der Waals surface area contributed by atoms with Crippen molar-refractivity contribution in [3.05, 3.63) is 59.8 Å². The molecule has 0 aliphatic carbocycles. The number of aliphatic hydroxyl groups is 1. The summed E-state index contributed by atoms with van der Waals surface area (Å²) in [7, 11) is 1.38. The van der Waals surface area contributed by atoms with Crippen LogP contribution < -0.4 is 10.1 Å². The van der Waals surface area contributed by atoms with Gasteiger partial charge in [-0.25, -0.2) is 4.39 Å². The maximum absolute atomic E-state index is 13.5. The molecular formula is C17H18FNO4. The second-order valence-electron chi connectivity index (χ2n) is 5.20. The standard InChI is InChI=1S/C17H18FNO4/c1-17(21,15-4-3-9-23-15)11-19-16(20)8-6-12-5-7-14(22-2)13(18)10-12/h3-10,21H,11H2,1-2H3,(H,19,20)/b8-6+. The number of hydrogen-bond donors (Lipinski definition) is 2. The lowest BCUT2D eigenvalue weighted by Crippen LogP contribution is -2.37. The van der Waals surface area contributed by atoms with Gasteiger partial charge in [0.1, 0.15) is 11.4 Å². The number of ether oxygens (including phenoxy) is 1. The van der Waals surface area contributed by atoms with Gasteiger partial charge in [-0.05, 0) is 42.8 Å². The first-order valence-corrected chi connectivity index (χ1v) is 6.98. The highest BCUT2D eigenvalue weighted by Gasteiger charge is 2.26. The zero-order valence-electron chi connectivity index (χ0n) is 12.9. The summed E-state index contributed by atoms with van der Waals surface area (Å²) >= 11 is 0. The molecule has 1 aromatic carbocycles. The van der Waals surface area contributed by atoms with E-state index in [1.54, 1.807) is 18.2 Å². The topological polar surface area (TPSA) is 71.7 Å². The molecule has 2 rings (SSSR count). The van der Waals surface area contributed by atoms with Crippen LogP contribution in [-0.2, 0) is 10.4 Å². The number of methoxy groups -OCH3 is 1. The maximum Gasteiger partial charge on any atom is 0.244 e.